The summed E-state index contributed by atoms with van der Waals surface area (Å²) in [5.74, 6) is -1.19. The highest BCUT2D eigenvalue weighted by Gasteiger charge is 2.68. The van der Waals surface area contributed by atoms with Crippen molar-refractivity contribution in [2.75, 3.05) is 13.7 Å². The Hall–Kier alpha value is -1.16. The fourth-order valence-electron chi connectivity index (χ4n) is 2.02. The standard InChI is InChI=1S/C12H18F3NO5S/c1-9(2,3)21-8(18)16-6-10(19,12(13,14)15)5-11(16,22)7(17)20-4/h19,22H,5-6H2,1-4H3. The molecule has 0 saturated carbocycles. The molecule has 0 radical (unpaired) electrons. The van der Waals surface area contributed by atoms with Crippen LogP contribution in [0.1, 0.15) is 27.2 Å². The predicted octanol–water partition coefficient (Wildman–Crippen LogP) is 1.72. The maximum absolute atomic E-state index is 13.0. The van der Waals surface area contributed by atoms with Crippen LogP contribution >= 0.6 is 12.6 Å². The summed E-state index contributed by atoms with van der Waals surface area (Å²) in [6.45, 7) is 3.35. The van der Waals surface area contributed by atoms with Crippen LogP contribution in [0.2, 0.25) is 0 Å². The van der Waals surface area contributed by atoms with Crippen molar-refractivity contribution >= 4 is 24.7 Å². The molecule has 10 heteroatoms. The van der Waals surface area contributed by atoms with Gasteiger partial charge in [0.25, 0.3) is 0 Å². The summed E-state index contributed by atoms with van der Waals surface area (Å²) >= 11 is 3.88. The van der Waals surface area contributed by atoms with Crippen LogP contribution in [0.25, 0.3) is 0 Å². The number of nitrogens with zero attached hydrogens (tertiary/aromatic N) is 1. The average Bonchev–Trinajstić information content (AvgIpc) is 2.60. The lowest BCUT2D eigenvalue weighted by Crippen LogP contribution is -2.51. The third kappa shape index (κ3) is 3.43. The number of rotatable bonds is 1. The molecule has 1 heterocycles. The van der Waals surface area contributed by atoms with E-state index in [0.717, 1.165) is 7.11 Å². The molecular weight excluding hydrogens is 327 g/mol. The summed E-state index contributed by atoms with van der Waals surface area (Å²) < 4.78 is 48.4. The van der Waals surface area contributed by atoms with E-state index in [1.54, 1.807) is 0 Å². The van der Waals surface area contributed by atoms with E-state index in [1.165, 1.54) is 20.8 Å². The first-order chi connectivity index (χ1) is 9.66. The van der Waals surface area contributed by atoms with Gasteiger partial charge < -0.3 is 14.6 Å². The smallest absolute Gasteiger partial charge is 0.419 e. The van der Waals surface area contributed by atoms with Gasteiger partial charge in [0.2, 0.25) is 0 Å². The number of hydrogen-bond acceptors (Lipinski definition) is 6. The zero-order chi connectivity index (χ0) is 17.6. The summed E-state index contributed by atoms with van der Waals surface area (Å²) in [6, 6.07) is 0. The summed E-state index contributed by atoms with van der Waals surface area (Å²) in [5, 5.41) is 9.79. The van der Waals surface area contributed by atoms with Crippen molar-refractivity contribution < 1.29 is 37.3 Å². The molecule has 22 heavy (non-hydrogen) atoms. The second-order valence-electron chi connectivity index (χ2n) is 6.08. The van der Waals surface area contributed by atoms with Crippen LogP contribution in [0.15, 0.2) is 0 Å². The topological polar surface area (TPSA) is 76.1 Å². The van der Waals surface area contributed by atoms with E-state index in [4.69, 9.17) is 4.74 Å². The van der Waals surface area contributed by atoms with Crippen molar-refractivity contribution in [1.82, 2.24) is 4.90 Å². The SMILES string of the molecule is COC(=O)C1(S)CC(O)(C(F)(F)F)CN1C(=O)OC(C)(C)C. The molecule has 1 amide bonds. The molecule has 2 atom stereocenters. The number of carbonyl (C=O) groups excluding carboxylic acids is 2. The lowest BCUT2D eigenvalue weighted by molar-refractivity contribution is -0.254. The quantitative estimate of drug-likeness (QED) is 0.559. The molecule has 1 saturated heterocycles. The molecular formula is C12H18F3NO5S. The molecule has 1 aliphatic rings. The highest BCUT2D eigenvalue weighted by atomic mass is 32.1. The molecule has 0 aromatic rings. The first kappa shape index (κ1) is 18.9. The fourth-order valence-corrected chi connectivity index (χ4v) is 2.52. The minimum Gasteiger partial charge on any atom is -0.467 e. The highest BCUT2D eigenvalue weighted by Crippen LogP contribution is 2.47. The summed E-state index contributed by atoms with van der Waals surface area (Å²) in [4.78, 5) is 22.0. The van der Waals surface area contributed by atoms with Crippen molar-refractivity contribution in [3.05, 3.63) is 0 Å². The van der Waals surface area contributed by atoms with Crippen LogP contribution in [-0.4, -0.2) is 58.0 Å². The third-order valence-corrected chi connectivity index (χ3v) is 3.64. The number of aliphatic hydroxyl groups is 1. The average molecular weight is 345 g/mol. The number of amides is 1. The Labute approximate surface area is 131 Å². The summed E-state index contributed by atoms with van der Waals surface area (Å²) in [5.41, 5.74) is -4.28. The molecule has 0 aromatic heterocycles. The Bertz CT molecular complexity index is 478. The lowest BCUT2D eigenvalue weighted by Gasteiger charge is -2.32. The molecule has 0 spiro atoms. The number of likely N-dealkylation sites (tertiary alicyclic amines) is 1. The highest BCUT2D eigenvalue weighted by molar-refractivity contribution is 7.82. The number of ether oxygens (including phenoxy) is 2. The molecule has 1 N–H and O–H groups in total. The van der Waals surface area contributed by atoms with Gasteiger partial charge in [0.05, 0.1) is 13.7 Å². The summed E-state index contributed by atoms with van der Waals surface area (Å²) in [7, 11) is 0.943. The second-order valence-corrected chi connectivity index (χ2v) is 6.82. The maximum atomic E-state index is 13.0. The van der Waals surface area contributed by atoms with Gasteiger partial charge in [0.1, 0.15) is 5.60 Å². The van der Waals surface area contributed by atoms with E-state index in [0.29, 0.717) is 4.90 Å². The number of hydrogen-bond donors (Lipinski definition) is 2. The van der Waals surface area contributed by atoms with Crippen LogP contribution in [0.5, 0.6) is 0 Å². The van der Waals surface area contributed by atoms with Crippen LogP contribution in [-0.2, 0) is 14.3 Å². The van der Waals surface area contributed by atoms with Gasteiger partial charge in [-0.15, -0.1) is 12.6 Å². The van der Waals surface area contributed by atoms with E-state index in [9.17, 15) is 27.9 Å². The van der Waals surface area contributed by atoms with Gasteiger partial charge in [-0.2, -0.15) is 13.2 Å². The van der Waals surface area contributed by atoms with Crippen molar-refractivity contribution in [2.24, 2.45) is 0 Å². The van der Waals surface area contributed by atoms with Gasteiger partial charge in [0.15, 0.2) is 10.5 Å². The van der Waals surface area contributed by atoms with Crippen molar-refractivity contribution in [3.63, 3.8) is 0 Å². The molecule has 1 fully saturated rings. The molecule has 0 aliphatic carbocycles. The normalized spacial score (nSPS) is 29.4. The Morgan fingerprint density at radius 2 is 1.77 bits per heavy atom. The number of thiol groups is 1. The second kappa shape index (κ2) is 5.48. The van der Waals surface area contributed by atoms with Gasteiger partial charge in [-0.05, 0) is 20.8 Å². The summed E-state index contributed by atoms with van der Waals surface area (Å²) in [6.07, 6.45) is -7.40. The molecule has 0 aromatic carbocycles. The van der Waals surface area contributed by atoms with Crippen LogP contribution in [0.3, 0.4) is 0 Å². The van der Waals surface area contributed by atoms with Crippen molar-refractivity contribution in [2.45, 2.75) is 49.4 Å². The lowest BCUT2D eigenvalue weighted by atomic mass is 9.99. The van der Waals surface area contributed by atoms with Crippen LogP contribution in [0, 0.1) is 0 Å². The Morgan fingerprint density at radius 3 is 2.14 bits per heavy atom. The largest absolute Gasteiger partial charge is 0.467 e. The zero-order valence-electron chi connectivity index (χ0n) is 12.5. The number of carbonyl (C=O) groups is 2. The van der Waals surface area contributed by atoms with Gasteiger partial charge >= 0.3 is 18.2 Å². The number of β-amino-alcohol motifs (C(OH)–C–C–N with tert-alkyl or cyclic N) is 1. The van der Waals surface area contributed by atoms with Gasteiger partial charge in [-0.3, -0.25) is 4.90 Å². The number of alkyl halides is 3. The first-order valence-corrected chi connectivity index (χ1v) is 6.71. The minimum absolute atomic E-state index is 0.431. The predicted molar refractivity (Wildman–Crippen MR) is 72.3 cm³/mol. The fraction of sp³-hybridized carbons (Fsp3) is 0.833. The number of methoxy groups -OCH3 is 1. The third-order valence-electron chi connectivity index (χ3n) is 3.06. The Morgan fingerprint density at radius 1 is 1.27 bits per heavy atom. The van der Waals surface area contributed by atoms with E-state index < -0.39 is 47.3 Å². The van der Waals surface area contributed by atoms with E-state index >= 15 is 0 Å². The van der Waals surface area contributed by atoms with E-state index in [2.05, 4.69) is 17.4 Å². The molecule has 1 aliphatic heterocycles. The zero-order valence-corrected chi connectivity index (χ0v) is 13.4. The van der Waals surface area contributed by atoms with Crippen LogP contribution < -0.4 is 0 Å². The van der Waals surface area contributed by atoms with Gasteiger partial charge in [0, 0.05) is 6.42 Å². The number of halogens is 3. The van der Waals surface area contributed by atoms with Gasteiger partial charge in [-0.1, -0.05) is 0 Å². The number of esters is 1. The minimum atomic E-state index is -5.05. The van der Waals surface area contributed by atoms with Crippen molar-refractivity contribution in [1.29, 1.82) is 0 Å². The van der Waals surface area contributed by atoms with E-state index in [1.807, 2.05) is 0 Å². The Kier molecular flexibility index (Phi) is 4.71. The van der Waals surface area contributed by atoms with Crippen molar-refractivity contribution in [3.8, 4) is 0 Å². The Balaban J connectivity index is 3.22. The molecule has 0 bridgehead atoms. The molecule has 1 rings (SSSR count). The van der Waals surface area contributed by atoms with E-state index in [-0.39, 0.29) is 0 Å². The molecule has 6 nitrogen and oxygen atoms in total. The molecule has 128 valence electrons. The first-order valence-electron chi connectivity index (χ1n) is 6.27. The molecule has 2 unspecified atom stereocenters. The van der Waals surface area contributed by atoms with Gasteiger partial charge in [-0.25, -0.2) is 9.59 Å². The monoisotopic (exact) mass is 345 g/mol. The van der Waals surface area contributed by atoms with Crippen LogP contribution in [0.4, 0.5) is 18.0 Å². The maximum Gasteiger partial charge on any atom is 0.419 e.